The van der Waals surface area contributed by atoms with Crippen molar-refractivity contribution in [3.8, 4) is 0 Å². The van der Waals surface area contributed by atoms with Crippen LogP contribution in [0.4, 0.5) is 20.6 Å². The van der Waals surface area contributed by atoms with Gasteiger partial charge in [-0.2, -0.15) is 11.8 Å². The molecule has 0 bridgehead atoms. The fourth-order valence-electron chi connectivity index (χ4n) is 3.69. The van der Waals surface area contributed by atoms with E-state index in [1.54, 1.807) is 12.1 Å². The Morgan fingerprint density at radius 3 is 2.84 bits per heavy atom. The van der Waals surface area contributed by atoms with Crippen LogP contribution in [0.1, 0.15) is 39.5 Å². The fourth-order valence-corrected chi connectivity index (χ4v) is 5.14. The zero-order chi connectivity index (χ0) is 18.0. The molecule has 1 N–H and O–H groups in total. The summed E-state index contributed by atoms with van der Waals surface area (Å²) in [6.07, 6.45) is 4.73. The molecule has 0 aromatic heterocycles. The quantitative estimate of drug-likeness (QED) is 0.853. The summed E-state index contributed by atoms with van der Waals surface area (Å²) in [5.74, 6) is 0.680. The number of fused-ring (bicyclic) bond motifs is 1. The third-order valence-corrected chi connectivity index (χ3v) is 6.74. The first-order valence-electron chi connectivity index (χ1n) is 9.19. The predicted molar refractivity (Wildman–Crippen MR) is 104 cm³/mol. The highest BCUT2D eigenvalue weighted by Gasteiger charge is 2.36. The fraction of sp³-hybridized carbons (Fsp3) is 0.632. The zero-order valence-electron chi connectivity index (χ0n) is 15.3. The summed E-state index contributed by atoms with van der Waals surface area (Å²) in [4.78, 5) is 16.6. The maximum absolute atomic E-state index is 14.4. The van der Waals surface area contributed by atoms with E-state index in [2.05, 4.69) is 5.32 Å². The smallest absolute Gasteiger partial charge is 0.322 e. The molecule has 1 heterocycles. The average Bonchev–Trinajstić information content (AvgIpc) is 2.60. The summed E-state index contributed by atoms with van der Waals surface area (Å²) in [5, 5.41) is 3.46. The molecule has 4 nitrogen and oxygen atoms in total. The van der Waals surface area contributed by atoms with Gasteiger partial charge in [-0.25, -0.2) is 9.18 Å². The van der Waals surface area contributed by atoms with E-state index in [1.807, 2.05) is 42.5 Å². The molecule has 1 aromatic rings. The Kier molecular flexibility index (Phi) is 5.77. The number of benzene rings is 1. The second-order valence-corrected chi connectivity index (χ2v) is 8.60. The van der Waals surface area contributed by atoms with Gasteiger partial charge in [0.2, 0.25) is 0 Å². The Balaban J connectivity index is 1.69. The number of nitrogens with zero attached hydrogens (tertiary/aromatic N) is 2. The summed E-state index contributed by atoms with van der Waals surface area (Å²) >= 11 is 2.00. The standard InChI is InChI=1S/C19H28FN3OS/c1-13(2)22(3)16-9-8-14(12-15(16)20)21-19(24)23-10-11-25-18-7-5-4-6-17(18)23/h8-9,12-13,17-18H,4-7,10-11H2,1-3H3,(H,21,24)/t17-,18+/m1/s1. The van der Waals surface area contributed by atoms with Gasteiger partial charge in [-0.15, -0.1) is 0 Å². The number of halogens is 1. The van der Waals surface area contributed by atoms with Gasteiger partial charge >= 0.3 is 6.03 Å². The minimum atomic E-state index is -0.307. The molecule has 0 unspecified atom stereocenters. The minimum Gasteiger partial charge on any atom is -0.370 e. The lowest BCUT2D eigenvalue weighted by atomic mass is 9.93. The van der Waals surface area contributed by atoms with Gasteiger partial charge in [0.05, 0.1) is 5.69 Å². The largest absolute Gasteiger partial charge is 0.370 e. The second kappa shape index (κ2) is 7.85. The van der Waals surface area contributed by atoms with Crippen molar-refractivity contribution in [1.82, 2.24) is 4.90 Å². The van der Waals surface area contributed by atoms with Gasteiger partial charge in [-0.05, 0) is 44.9 Å². The lowest BCUT2D eigenvalue weighted by Gasteiger charge is -2.43. The van der Waals surface area contributed by atoms with Crippen LogP contribution in [0.25, 0.3) is 0 Å². The van der Waals surface area contributed by atoms with Crippen molar-refractivity contribution in [3.63, 3.8) is 0 Å². The van der Waals surface area contributed by atoms with Crippen LogP contribution in [0.3, 0.4) is 0 Å². The van der Waals surface area contributed by atoms with E-state index in [4.69, 9.17) is 0 Å². The molecule has 1 saturated carbocycles. The number of anilines is 2. The Bertz CT molecular complexity index is 623. The highest BCUT2D eigenvalue weighted by atomic mass is 32.2. The molecule has 2 fully saturated rings. The van der Waals surface area contributed by atoms with E-state index in [-0.39, 0.29) is 17.9 Å². The van der Waals surface area contributed by atoms with Crippen LogP contribution in [-0.2, 0) is 0 Å². The molecule has 138 valence electrons. The molecule has 0 radical (unpaired) electrons. The summed E-state index contributed by atoms with van der Waals surface area (Å²) in [7, 11) is 1.87. The van der Waals surface area contributed by atoms with E-state index in [9.17, 15) is 9.18 Å². The number of hydrogen-bond acceptors (Lipinski definition) is 3. The van der Waals surface area contributed by atoms with Gasteiger partial charge in [0.25, 0.3) is 0 Å². The number of urea groups is 1. The van der Waals surface area contributed by atoms with Crippen molar-refractivity contribution in [2.75, 3.05) is 29.6 Å². The molecule has 2 atom stereocenters. The van der Waals surface area contributed by atoms with E-state index < -0.39 is 0 Å². The van der Waals surface area contributed by atoms with Crippen molar-refractivity contribution >= 4 is 29.2 Å². The average molecular weight is 366 g/mol. The third kappa shape index (κ3) is 4.05. The van der Waals surface area contributed by atoms with E-state index >= 15 is 0 Å². The molecule has 6 heteroatoms. The second-order valence-electron chi connectivity index (χ2n) is 7.26. The first kappa shape index (κ1) is 18.4. The monoisotopic (exact) mass is 365 g/mol. The van der Waals surface area contributed by atoms with Gasteiger partial charge in [0.1, 0.15) is 5.82 Å². The van der Waals surface area contributed by atoms with Gasteiger partial charge in [-0.1, -0.05) is 12.8 Å². The molecule has 1 aliphatic carbocycles. The topological polar surface area (TPSA) is 35.6 Å². The molecular formula is C19H28FN3OS. The van der Waals surface area contributed by atoms with Gasteiger partial charge < -0.3 is 15.1 Å². The highest BCUT2D eigenvalue weighted by Crippen LogP contribution is 2.35. The first-order chi connectivity index (χ1) is 12.0. The summed E-state index contributed by atoms with van der Waals surface area (Å²) in [6.45, 7) is 4.81. The molecule has 1 aromatic carbocycles. The molecule has 2 aliphatic rings. The Labute approximate surface area is 154 Å². The minimum absolute atomic E-state index is 0.0958. The van der Waals surface area contributed by atoms with E-state index in [0.29, 0.717) is 22.7 Å². The molecule has 2 amide bonds. The number of carbonyl (C=O) groups excluding carboxylic acids is 1. The third-order valence-electron chi connectivity index (χ3n) is 5.35. The van der Waals surface area contributed by atoms with Crippen LogP contribution in [0.5, 0.6) is 0 Å². The Morgan fingerprint density at radius 2 is 2.12 bits per heavy atom. The van der Waals surface area contributed by atoms with Gasteiger partial charge in [0, 0.05) is 42.4 Å². The maximum atomic E-state index is 14.4. The first-order valence-corrected chi connectivity index (χ1v) is 10.2. The molecule has 1 saturated heterocycles. The Morgan fingerprint density at radius 1 is 1.36 bits per heavy atom. The van der Waals surface area contributed by atoms with Crippen LogP contribution < -0.4 is 10.2 Å². The molecule has 3 rings (SSSR count). The molecule has 0 spiro atoms. The number of amides is 2. The van der Waals surface area contributed by atoms with Crippen molar-refractivity contribution in [2.24, 2.45) is 0 Å². The molecule has 1 aliphatic heterocycles. The van der Waals surface area contributed by atoms with Crippen molar-refractivity contribution in [1.29, 1.82) is 0 Å². The normalized spacial score (nSPS) is 23.3. The number of hydrogen-bond donors (Lipinski definition) is 1. The lowest BCUT2D eigenvalue weighted by Crippen LogP contribution is -2.53. The van der Waals surface area contributed by atoms with Gasteiger partial charge in [0.15, 0.2) is 0 Å². The van der Waals surface area contributed by atoms with Gasteiger partial charge in [-0.3, -0.25) is 0 Å². The number of nitrogens with one attached hydrogen (secondary N) is 1. The molecule has 25 heavy (non-hydrogen) atoms. The van der Waals surface area contributed by atoms with Crippen molar-refractivity contribution in [3.05, 3.63) is 24.0 Å². The predicted octanol–water partition coefficient (Wildman–Crippen LogP) is 4.56. The van der Waals surface area contributed by atoms with Crippen LogP contribution in [0.15, 0.2) is 18.2 Å². The van der Waals surface area contributed by atoms with Crippen LogP contribution in [0, 0.1) is 5.82 Å². The van der Waals surface area contributed by atoms with E-state index in [1.165, 1.54) is 25.3 Å². The summed E-state index contributed by atoms with van der Waals surface area (Å²) in [5.41, 5.74) is 1.07. The Hall–Kier alpha value is -1.43. The van der Waals surface area contributed by atoms with Crippen LogP contribution in [0.2, 0.25) is 0 Å². The summed E-state index contributed by atoms with van der Waals surface area (Å²) < 4.78 is 14.4. The zero-order valence-corrected chi connectivity index (χ0v) is 16.1. The van der Waals surface area contributed by atoms with Crippen molar-refractivity contribution < 1.29 is 9.18 Å². The number of rotatable bonds is 3. The van der Waals surface area contributed by atoms with Crippen LogP contribution >= 0.6 is 11.8 Å². The molecular weight excluding hydrogens is 337 g/mol. The van der Waals surface area contributed by atoms with E-state index in [0.717, 1.165) is 18.7 Å². The maximum Gasteiger partial charge on any atom is 0.322 e. The highest BCUT2D eigenvalue weighted by molar-refractivity contribution is 8.00. The summed E-state index contributed by atoms with van der Waals surface area (Å²) in [6, 6.07) is 5.38. The SMILES string of the molecule is CC(C)N(C)c1ccc(NC(=O)N2CCS[C@H]3CCCC[C@H]32)cc1F. The van der Waals surface area contributed by atoms with Crippen LogP contribution in [-0.4, -0.2) is 47.6 Å². The van der Waals surface area contributed by atoms with Crippen molar-refractivity contribution in [2.45, 2.75) is 56.9 Å². The lowest BCUT2D eigenvalue weighted by molar-refractivity contribution is 0.171. The number of thioether (sulfide) groups is 1. The number of carbonyl (C=O) groups is 1.